The molecule has 1 aliphatic heterocycles. The maximum absolute atomic E-state index is 12.3. The third-order valence-electron chi connectivity index (χ3n) is 6.99. The molecule has 42 heavy (non-hydrogen) atoms. The molecule has 1 saturated heterocycles. The highest BCUT2D eigenvalue weighted by atomic mass is 16.5. The van der Waals surface area contributed by atoms with Crippen molar-refractivity contribution in [3.8, 4) is 11.8 Å². The smallest absolute Gasteiger partial charge is 0.247 e. The number of aryl methyl sites for hydroxylation is 1. The monoisotopic (exact) mass is 568 g/mol. The number of likely N-dealkylation sites (N-methyl/N-ethyl adjacent to an activating group) is 1. The summed E-state index contributed by atoms with van der Waals surface area (Å²) in [5, 5.41) is 19.2. The number of ether oxygens (including phenoxy) is 1. The molecule has 2 heterocycles. The second-order valence-corrected chi connectivity index (χ2v) is 10.4. The van der Waals surface area contributed by atoms with Gasteiger partial charge in [-0.2, -0.15) is 10.2 Å². The molecule has 1 fully saturated rings. The summed E-state index contributed by atoms with van der Waals surface area (Å²) >= 11 is 0. The van der Waals surface area contributed by atoms with Crippen LogP contribution in [-0.4, -0.2) is 59.6 Å². The van der Waals surface area contributed by atoms with E-state index in [1.165, 1.54) is 17.8 Å². The first-order valence-electron chi connectivity index (χ1n) is 14.5. The highest BCUT2D eigenvalue weighted by molar-refractivity contribution is 6.02. The van der Waals surface area contributed by atoms with Gasteiger partial charge < -0.3 is 30.5 Å². The second-order valence-electron chi connectivity index (χ2n) is 10.4. The molecule has 0 spiro atoms. The van der Waals surface area contributed by atoms with Crippen molar-refractivity contribution in [2.24, 2.45) is 0 Å². The van der Waals surface area contributed by atoms with E-state index in [1.807, 2.05) is 50.2 Å². The lowest BCUT2D eigenvalue weighted by Gasteiger charge is -2.35. The molecule has 3 N–H and O–H groups in total. The summed E-state index contributed by atoms with van der Waals surface area (Å²) in [4.78, 5) is 26.0. The summed E-state index contributed by atoms with van der Waals surface area (Å²) in [5.41, 5.74) is 4.38. The van der Waals surface area contributed by atoms with Gasteiger partial charge in [0.1, 0.15) is 17.4 Å². The van der Waals surface area contributed by atoms with Crippen molar-refractivity contribution in [3.63, 3.8) is 0 Å². The van der Waals surface area contributed by atoms with E-state index in [-0.39, 0.29) is 23.5 Å². The number of rotatable bonds is 12. The first kappa shape index (κ1) is 30.3. The van der Waals surface area contributed by atoms with E-state index >= 15 is 0 Å². The number of benzene rings is 2. The minimum Gasteiger partial charge on any atom is -0.489 e. The van der Waals surface area contributed by atoms with Gasteiger partial charge in [-0.05, 0) is 68.8 Å². The maximum atomic E-state index is 12.3. The summed E-state index contributed by atoms with van der Waals surface area (Å²) in [6, 6.07) is 14.0. The number of piperazine rings is 1. The minimum absolute atomic E-state index is 0.0248. The number of amides is 1. The van der Waals surface area contributed by atoms with Gasteiger partial charge in [-0.15, -0.1) is 0 Å². The first-order chi connectivity index (χ1) is 20.3. The maximum Gasteiger partial charge on any atom is 0.247 e. The number of nitrogens with one attached hydrogen (secondary N) is 3. The zero-order chi connectivity index (χ0) is 30.1. The predicted octanol–water partition coefficient (Wildman–Crippen LogP) is 5.84. The number of carbonyl (C=O) groups is 1. The molecule has 1 aromatic heterocycles. The van der Waals surface area contributed by atoms with E-state index in [9.17, 15) is 10.1 Å². The van der Waals surface area contributed by atoms with E-state index in [2.05, 4.69) is 62.2 Å². The Morgan fingerprint density at radius 1 is 1.10 bits per heavy atom. The van der Waals surface area contributed by atoms with Gasteiger partial charge in [-0.1, -0.05) is 32.9 Å². The predicted molar refractivity (Wildman–Crippen MR) is 169 cm³/mol. The SMILES string of the molecule is C=CC(=O)Nc1cc(N2CCN(CC)CC2)ccc1Nc1ncc(C#N)c(Nc2ccc(CCC)cc2OC(C)C)n1. The molecular formula is C32H40N8O2. The number of hydrogen-bond donors (Lipinski definition) is 3. The fraction of sp³-hybridized carbons (Fsp3) is 0.375. The van der Waals surface area contributed by atoms with Crippen LogP contribution in [0.1, 0.15) is 45.2 Å². The molecular weight excluding hydrogens is 528 g/mol. The topological polar surface area (TPSA) is 118 Å². The van der Waals surface area contributed by atoms with Gasteiger partial charge in [0.25, 0.3) is 0 Å². The zero-order valence-electron chi connectivity index (χ0n) is 24.9. The van der Waals surface area contributed by atoms with Crippen LogP contribution in [-0.2, 0) is 11.2 Å². The lowest BCUT2D eigenvalue weighted by Crippen LogP contribution is -2.46. The van der Waals surface area contributed by atoms with E-state index in [0.29, 0.717) is 28.6 Å². The molecule has 0 radical (unpaired) electrons. The van der Waals surface area contributed by atoms with Crippen LogP contribution in [0.4, 0.5) is 34.5 Å². The largest absolute Gasteiger partial charge is 0.489 e. The Hall–Kier alpha value is -4.62. The van der Waals surface area contributed by atoms with Crippen molar-refractivity contribution >= 4 is 40.4 Å². The van der Waals surface area contributed by atoms with Crippen LogP contribution < -0.4 is 25.6 Å². The molecule has 1 aliphatic rings. The van der Waals surface area contributed by atoms with Crippen LogP contribution in [0.3, 0.4) is 0 Å². The Bertz CT molecular complexity index is 1440. The fourth-order valence-corrected chi connectivity index (χ4v) is 4.78. The van der Waals surface area contributed by atoms with Crippen LogP contribution >= 0.6 is 0 Å². The summed E-state index contributed by atoms with van der Waals surface area (Å²) in [5.74, 6) is 0.980. The lowest BCUT2D eigenvalue weighted by atomic mass is 10.1. The normalized spacial score (nSPS) is 13.4. The van der Waals surface area contributed by atoms with Gasteiger partial charge >= 0.3 is 0 Å². The number of carbonyl (C=O) groups excluding carboxylic acids is 1. The third-order valence-corrected chi connectivity index (χ3v) is 6.99. The molecule has 10 heteroatoms. The van der Waals surface area contributed by atoms with Crippen LogP contribution in [0, 0.1) is 11.3 Å². The molecule has 1 amide bonds. The molecule has 3 aromatic rings. The van der Waals surface area contributed by atoms with Gasteiger partial charge in [0.15, 0.2) is 5.82 Å². The van der Waals surface area contributed by atoms with Gasteiger partial charge in [0.2, 0.25) is 11.9 Å². The molecule has 2 aromatic carbocycles. The van der Waals surface area contributed by atoms with Crippen LogP contribution in [0.15, 0.2) is 55.3 Å². The summed E-state index contributed by atoms with van der Waals surface area (Å²) in [6.45, 7) is 16.7. The quantitative estimate of drug-likeness (QED) is 0.232. The molecule has 0 unspecified atom stereocenters. The molecule has 4 rings (SSSR count). The van der Waals surface area contributed by atoms with E-state index in [1.54, 1.807) is 0 Å². The standard InChI is InChI=1S/C32H40N8O2/c1-6-9-23-10-12-27(29(18-23)42-22(4)5)36-31-24(20-33)21-34-32(38-31)37-26-13-11-25(19-28(26)35-30(41)7-2)40-16-14-39(8-3)15-17-40/h7,10-13,18-19,21-22H,2,6,8-9,14-17H2,1,3-5H3,(H,35,41)(H2,34,36,37,38). The van der Waals surface area contributed by atoms with Crippen molar-refractivity contribution in [2.45, 2.75) is 46.6 Å². The molecule has 0 saturated carbocycles. The molecule has 220 valence electrons. The number of nitrogens with zero attached hydrogens (tertiary/aromatic N) is 5. The van der Waals surface area contributed by atoms with Gasteiger partial charge in [0, 0.05) is 31.9 Å². The second kappa shape index (κ2) is 14.3. The zero-order valence-corrected chi connectivity index (χ0v) is 24.9. The average Bonchev–Trinajstić information content (AvgIpc) is 2.99. The Morgan fingerprint density at radius 3 is 2.52 bits per heavy atom. The van der Waals surface area contributed by atoms with Gasteiger partial charge in [-0.3, -0.25) is 4.79 Å². The minimum atomic E-state index is -0.321. The summed E-state index contributed by atoms with van der Waals surface area (Å²) < 4.78 is 6.08. The number of nitriles is 1. The molecule has 0 aliphatic carbocycles. The highest BCUT2D eigenvalue weighted by Crippen LogP contribution is 2.33. The molecule has 10 nitrogen and oxygen atoms in total. The summed E-state index contributed by atoms with van der Waals surface area (Å²) in [7, 11) is 0. The van der Waals surface area contributed by atoms with E-state index in [4.69, 9.17) is 4.74 Å². The van der Waals surface area contributed by atoms with Crippen molar-refractivity contribution in [1.82, 2.24) is 14.9 Å². The average molecular weight is 569 g/mol. The summed E-state index contributed by atoms with van der Waals surface area (Å²) in [6.07, 6.45) is 4.65. The third kappa shape index (κ3) is 7.77. The van der Waals surface area contributed by atoms with Crippen LogP contribution in [0.2, 0.25) is 0 Å². The van der Waals surface area contributed by atoms with Crippen molar-refractivity contribution in [1.29, 1.82) is 5.26 Å². The number of hydrogen-bond acceptors (Lipinski definition) is 9. The Balaban J connectivity index is 1.62. The van der Waals surface area contributed by atoms with Crippen LogP contribution in [0.25, 0.3) is 0 Å². The van der Waals surface area contributed by atoms with Crippen molar-refractivity contribution in [2.75, 3.05) is 53.6 Å². The first-order valence-corrected chi connectivity index (χ1v) is 14.5. The van der Waals surface area contributed by atoms with Gasteiger partial charge in [-0.25, -0.2) is 4.98 Å². The van der Waals surface area contributed by atoms with Crippen molar-refractivity contribution in [3.05, 3.63) is 66.4 Å². The molecule has 0 atom stereocenters. The number of anilines is 6. The highest BCUT2D eigenvalue weighted by Gasteiger charge is 2.18. The molecule has 0 bridgehead atoms. The van der Waals surface area contributed by atoms with Crippen molar-refractivity contribution < 1.29 is 9.53 Å². The Kier molecular flexibility index (Phi) is 10.3. The number of aromatic nitrogens is 2. The van der Waals surface area contributed by atoms with E-state index < -0.39 is 0 Å². The Labute approximate surface area is 248 Å². The van der Waals surface area contributed by atoms with Crippen LogP contribution in [0.5, 0.6) is 5.75 Å². The lowest BCUT2D eigenvalue weighted by molar-refractivity contribution is -0.111. The van der Waals surface area contributed by atoms with Gasteiger partial charge in [0.05, 0.1) is 29.4 Å². The van der Waals surface area contributed by atoms with E-state index in [0.717, 1.165) is 51.3 Å². The fourth-order valence-electron chi connectivity index (χ4n) is 4.78. The Morgan fingerprint density at radius 2 is 1.86 bits per heavy atom.